The third-order valence-electron chi connectivity index (χ3n) is 2.15. The average molecular weight is 197 g/mol. The molecule has 1 saturated carbocycles. The van der Waals surface area contributed by atoms with Gasteiger partial charge >= 0.3 is 0 Å². The summed E-state index contributed by atoms with van der Waals surface area (Å²) < 4.78 is 38.4. The number of alkyl halides is 3. The molecule has 0 aromatic heterocycles. The summed E-state index contributed by atoms with van der Waals surface area (Å²) in [5, 5.41) is 8.16. The molecule has 1 aliphatic carbocycles. The van der Waals surface area contributed by atoms with Gasteiger partial charge in [-0.3, -0.25) is 10.0 Å². The molecule has 1 fully saturated rings. The van der Waals surface area contributed by atoms with Crippen molar-refractivity contribution in [3.8, 4) is 0 Å². The van der Waals surface area contributed by atoms with Crippen LogP contribution in [0.15, 0.2) is 0 Å². The first-order valence-corrected chi connectivity index (χ1v) is 3.92. The number of amides is 1. The fourth-order valence-electron chi connectivity index (χ4n) is 1.51. The van der Waals surface area contributed by atoms with Crippen molar-refractivity contribution in [3.63, 3.8) is 0 Å². The van der Waals surface area contributed by atoms with Crippen molar-refractivity contribution >= 4 is 5.91 Å². The molecule has 76 valence electrons. The van der Waals surface area contributed by atoms with Gasteiger partial charge in [0.15, 0.2) is 0 Å². The maximum absolute atomic E-state index is 12.9. The second-order valence-corrected chi connectivity index (χ2v) is 3.10. The normalized spacial score (nSPS) is 40.0. The summed E-state index contributed by atoms with van der Waals surface area (Å²) in [6.45, 7) is 0. The molecule has 0 aliphatic heterocycles. The van der Waals surface area contributed by atoms with Crippen molar-refractivity contribution in [3.05, 3.63) is 0 Å². The minimum absolute atomic E-state index is 0.488. The molecular formula is C7H10F3NO2. The topological polar surface area (TPSA) is 49.3 Å². The van der Waals surface area contributed by atoms with Crippen molar-refractivity contribution in [1.82, 2.24) is 5.48 Å². The number of rotatable bonds is 1. The summed E-state index contributed by atoms with van der Waals surface area (Å²) in [6, 6.07) is 0. The third-order valence-corrected chi connectivity index (χ3v) is 2.15. The van der Waals surface area contributed by atoms with Crippen molar-refractivity contribution in [2.45, 2.75) is 31.4 Å². The summed E-state index contributed by atoms with van der Waals surface area (Å²) in [6.07, 6.45) is -6.26. The molecule has 3 nitrogen and oxygen atoms in total. The summed E-state index contributed by atoms with van der Waals surface area (Å²) in [4.78, 5) is 10.7. The number of nitrogens with one attached hydrogen (secondary N) is 1. The summed E-state index contributed by atoms with van der Waals surface area (Å²) in [5.41, 5.74) is 1.17. The van der Waals surface area contributed by atoms with Gasteiger partial charge in [-0.15, -0.1) is 0 Å². The fraction of sp³-hybridized carbons (Fsp3) is 0.857. The van der Waals surface area contributed by atoms with E-state index in [0.29, 0.717) is 0 Å². The Hall–Kier alpha value is -0.780. The van der Waals surface area contributed by atoms with Gasteiger partial charge in [0.25, 0.3) is 5.91 Å². The van der Waals surface area contributed by atoms with Gasteiger partial charge in [0.05, 0.1) is 0 Å². The molecule has 0 spiro atoms. The lowest BCUT2D eigenvalue weighted by atomic mass is 9.84. The van der Waals surface area contributed by atoms with E-state index in [2.05, 4.69) is 0 Å². The minimum Gasteiger partial charge on any atom is -0.289 e. The number of halogens is 3. The molecule has 0 heterocycles. The Morgan fingerprint density at radius 1 is 1.23 bits per heavy atom. The Balaban J connectivity index is 2.66. The molecule has 0 saturated heterocycles. The number of carbonyl (C=O) groups is 1. The molecule has 0 radical (unpaired) electrons. The molecule has 6 heteroatoms. The van der Waals surface area contributed by atoms with Gasteiger partial charge in [-0.1, -0.05) is 0 Å². The van der Waals surface area contributed by atoms with Crippen LogP contribution in [0.1, 0.15) is 12.8 Å². The van der Waals surface area contributed by atoms with Gasteiger partial charge in [0, 0.05) is 12.8 Å². The Morgan fingerprint density at radius 2 is 1.69 bits per heavy atom. The SMILES string of the molecule is O=C(NO)C1C(F)CC(F)CC1F. The largest absolute Gasteiger partial charge is 0.289 e. The fourth-order valence-corrected chi connectivity index (χ4v) is 1.51. The lowest BCUT2D eigenvalue weighted by molar-refractivity contribution is -0.141. The van der Waals surface area contributed by atoms with E-state index < -0.39 is 43.2 Å². The van der Waals surface area contributed by atoms with E-state index in [1.54, 1.807) is 0 Å². The highest BCUT2D eigenvalue weighted by molar-refractivity contribution is 5.78. The average Bonchev–Trinajstić information content (AvgIpc) is 2.02. The standard InChI is InChI=1S/C7H10F3NO2/c8-3-1-4(9)6(5(10)2-3)7(12)11-13/h3-6,13H,1-2H2,(H,11,12). The molecule has 2 unspecified atom stereocenters. The molecule has 1 aliphatic rings. The van der Waals surface area contributed by atoms with Crippen LogP contribution in [-0.2, 0) is 4.79 Å². The molecule has 0 aromatic rings. The van der Waals surface area contributed by atoms with Crippen LogP contribution in [0.5, 0.6) is 0 Å². The highest BCUT2D eigenvalue weighted by Gasteiger charge is 2.43. The Bertz CT molecular complexity index is 190. The third kappa shape index (κ3) is 2.12. The molecule has 0 bridgehead atoms. The zero-order valence-corrected chi connectivity index (χ0v) is 6.71. The van der Waals surface area contributed by atoms with Crippen molar-refractivity contribution in [2.24, 2.45) is 5.92 Å². The van der Waals surface area contributed by atoms with Crippen LogP contribution in [0.2, 0.25) is 0 Å². The van der Waals surface area contributed by atoms with Gasteiger partial charge in [-0.25, -0.2) is 18.7 Å². The Kier molecular flexibility index (Phi) is 3.13. The number of hydroxylamine groups is 1. The highest BCUT2D eigenvalue weighted by atomic mass is 19.2. The second kappa shape index (κ2) is 3.95. The molecular weight excluding hydrogens is 187 g/mol. The first-order chi connectivity index (χ1) is 6.06. The van der Waals surface area contributed by atoms with Crippen LogP contribution in [-0.4, -0.2) is 29.6 Å². The Labute approximate surface area is 72.9 Å². The van der Waals surface area contributed by atoms with Crippen molar-refractivity contribution in [2.75, 3.05) is 0 Å². The first-order valence-electron chi connectivity index (χ1n) is 3.92. The van der Waals surface area contributed by atoms with E-state index in [1.807, 2.05) is 0 Å². The van der Waals surface area contributed by atoms with Gasteiger partial charge < -0.3 is 0 Å². The molecule has 1 rings (SSSR count). The van der Waals surface area contributed by atoms with Gasteiger partial charge in [-0.05, 0) is 0 Å². The lowest BCUT2D eigenvalue weighted by Crippen LogP contribution is -2.45. The van der Waals surface area contributed by atoms with Crippen LogP contribution in [0.4, 0.5) is 13.2 Å². The van der Waals surface area contributed by atoms with Crippen LogP contribution in [0, 0.1) is 5.92 Å². The quantitative estimate of drug-likeness (QED) is 0.485. The summed E-state index contributed by atoms with van der Waals surface area (Å²) in [5.74, 6) is -2.72. The maximum atomic E-state index is 12.9. The van der Waals surface area contributed by atoms with Crippen LogP contribution < -0.4 is 5.48 Å². The number of carbonyl (C=O) groups excluding carboxylic acids is 1. The number of hydrogen-bond donors (Lipinski definition) is 2. The molecule has 2 atom stereocenters. The molecule has 1 amide bonds. The predicted octanol–water partition coefficient (Wildman–Crippen LogP) is 0.916. The predicted molar refractivity (Wildman–Crippen MR) is 37.3 cm³/mol. The van der Waals surface area contributed by atoms with Gasteiger partial charge in [0.2, 0.25) is 0 Å². The van der Waals surface area contributed by atoms with E-state index in [0.717, 1.165) is 0 Å². The smallest absolute Gasteiger partial charge is 0.252 e. The second-order valence-electron chi connectivity index (χ2n) is 3.10. The van der Waals surface area contributed by atoms with E-state index >= 15 is 0 Å². The van der Waals surface area contributed by atoms with Crippen LogP contribution in [0.25, 0.3) is 0 Å². The van der Waals surface area contributed by atoms with Crippen molar-refractivity contribution in [1.29, 1.82) is 0 Å². The van der Waals surface area contributed by atoms with Crippen LogP contribution >= 0.6 is 0 Å². The van der Waals surface area contributed by atoms with E-state index in [1.165, 1.54) is 5.48 Å². The minimum atomic E-state index is -1.87. The van der Waals surface area contributed by atoms with Crippen LogP contribution in [0.3, 0.4) is 0 Å². The highest BCUT2D eigenvalue weighted by Crippen LogP contribution is 2.31. The molecule has 2 N–H and O–H groups in total. The van der Waals surface area contributed by atoms with E-state index in [9.17, 15) is 18.0 Å². The molecule has 13 heavy (non-hydrogen) atoms. The summed E-state index contributed by atoms with van der Waals surface area (Å²) >= 11 is 0. The van der Waals surface area contributed by atoms with Gasteiger partial charge in [0.1, 0.15) is 24.4 Å². The monoisotopic (exact) mass is 197 g/mol. The first kappa shape index (κ1) is 10.3. The Morgan fingerprint density at radius 3 is 2.08 bits per heavy atom. The lowest BCUT2D eigenvalue weighted by Gasteiger charge is -2.29. The summed E-state index contributed by atoms with van der Waals surface area (Å²) in [7, 11) is 0. The van der Waals surface area contributed by atoms with Crippen molar-refractivity contribution < 1.29 is 23.2 Å². The zero-order chi connectivity index (χ0) is 10.0. The van der Waals surface area contributed by atoms with Gasteiger partial charge in [-0.2, -0.15) is 0 Å². The number of hydrogen-bond acceptors (Lipinski definition) is 2. The molecule has 0 aromatic carbocycles. The van der Waals surface area contributed by atoms with E-state index in [-0.39, 0.29) is 0 Å². The zero-order valence-electron chi connectivity index (χ0n) is 6.71. The van der Waals surface area contributed by atoms with E-state index in [4.69, 9.17) is 5.21 Å². The maximum Gasteiger partial charge on any atom is 0.252 e.